The van der Waals surface area contributed by atoms with Crippen LogP contribution in [0.3, 0.4) is 0 Å². The zero-order valence-electron chi connectivity index (χ0n) is 14.5. The second kappa shape index (κ2) is 10.7. The molecule has 2 rings (SSSR count). The van der Waals surface area contributed by atoms with Crippen molar-refractivity contribution in [2.24, 2.45) is 0 Å². The van der Waals surface area contributed by atoms with Crippen LogP contribution in [0.1, 0.15) is 16.8 Å². The number of anilines is 1. The molecule has 8 nitrogen and oxygen atoms in total. The third kappa shape index (κ3) is 6.62. The number of hydrogen-bond acceptors (Lipinski definition) is 8. The molecule has 10 heteroatoms. The Morgan fingerprint density at radius 3 is 2.88 bits per heavy atom. The molecule has 2 amide bonds. The van der Waals surface area contributed by atoms with Gasteiger partial charge >= 0.3 is 0 Å². The van der Waals surface area contributed by atoms with Crippen molar-refractivity contribution in [3.8, 4) is 5.75 Å². The summed E-state index contributed by atoms with van der Waals surface area (Å²) in [5, 5.41) is 13.7. The van der Waals surface area contributed by atoms with Crippen molar-refractivity contribution >= 4 is 40.0 Å². The Morgan fingerprint density at radius 2 is 2.12 bits per heavy atom. The van der Waals surface area contributed by atoms with E-state index in [2.05, 4.69) is 20.8 Å². The second-order valence-corrected chi connectivity index (χ2v) is 7.32. The topological polar surface area (TPSA) is 102 Å². The van der Waals surface area contributed by atoms with Gasteiger partial charge in [-0.15, -0.1) is 10.2 Å². The highest BCUT2D eigenvalue weighted by Crippen LogP contribution is 2.25. The number of nitrogens with zero attached hydrogens (tertiary/aromatic N) is 2. The van der Waals surface area contributed by atoms with Crippen molar-refractivity contribution in [2.45, 2.75) is 10.8 Å². The first-order chi connectivity index (χ1) is 12.6. The van der Waals surface area contributed by atoms with E-state index < -0.39 is 0 Å². The van der Waals surface area contributed by atoms with E-state index in [9.17, 15) is 9.59 Å². The predicted octanol–water partition coefficient (Wildman–Crippen LogP) is 2.04. The number of aromatic nitrogens is 2. The lowest BCUT2D eigenvalue weighted by molar-refractivity contribution is -0.116. The van der Waals surface area contributed by atoms with E-state index in [0.29, 0.717) is 23.1 Å². The summed E-state index contributed by atoms with van der Waals surface area (Å²) in [6.45, 7) is 0.842. The normalized spacial score (nSPS) is 10.4. The third-order valence-electron chi connectivity index (χ3n) is 3.14. The van der Waals surface area contributed by atoms with Crippen LogP contribution in [0.2, 0.25) is 0 Å². The number of nitrogens with one attached hydrogen (secondary N) is 2. The number of carbonyl (C=O) groups excluding carboxylic acids is 2. The lowest BCUT2D eigenvalue weighted by atomic mass is 10.2. The summed E-state index contributed by atoms with van der Waals surface area (Å²) in [7, 11) is 3.18. The first-order valence-corrected chi connectivity index (χ1v) is 9.60. The lowest BCUT2D eigenvalue weighted by Crippen LogP contribution is -2.27. The Balaban J connectivity index is 1.72. The standard InChI is InChI=1S/C16H20N4O4S2/c1-23-8-9-25-16-20-19-15(26-16)18-13(21)6-7-17-14(22)11-4-3-5-12(10-11)24-2/h3-5,10H,6-9H2,1-2H3,(H,17,22)(H,18,19,21). The molecule has 0 saturated heterocycles. The molecule has 0 aliphatic carbocycles. The summed E-state index contributed by atoms with van der Waals surface area (Å²) in [5.74, 6) is 0.880. The van der Waals surface area contributed by atoms with Crippen molar-refractivity contribution in [3.05, 3.63) is 29.8 Å². The third-order valence-corrected chi connectivity index (χ3v) is 5.07. The van der Waals surface area contributed by atoms with Gasteiger partial charge in [-0.3, -0.25) is 9.59 Å². The molecule has 0 aliphatic heterocycles. The van der Waals surface area contributed by atoms with E-state index in [1.165, 1.54) is 30.2 Å². The molecule has 0 radical (unpaired) electrons. The van der Waals surface area contributed by atoms with Crippen LogP contribution < -0.4 is 15.4 Å². The molecule has 2 aromatic rings. The fourth-order valence-corrected chi connectivity index (χ4v) is 3.61. The summed E-state index contributed by atoms with van der Waals surface area (Å²) >= 11 is 2.82. The Bertz CT molecular complexity index is 739. The minimum absolute atomic E-state index is 0.140. The van der Waals surface area contributed by atoms with E-state index in [1.807, 2.05) is 0 Å². The largest absolute Gasteiger partial charge is 0.497 e. The van der Waals surface area contributed by atoms with Gasteiger partial charge in [-0.1, -0.05) is 29.2 Å². The Labute approximate surface area is 159 Å². The van der Waals surface area contributed by atoms with Gasteiger partial charge in [0.25, 0.3) is 5.91 Å². The van der Waals surface area contributed by atoms with Crippen molar-refractivity contribution in [1.29, 1.82) is 0 Å². The average Bonchev–Trinajstić information content (AvgIpc) is 3.09. The summed E-state index contributed by atoms with van der Waals surface area (Å²) in [6, 6.07) is 6.81. The SMILES string of the molecule is COCCSc1nnc(NC(=O)CCNC(=O)c2cccc(OC)c2)s1. The van der Waals surface area contributed by atoms with Gasteiger partial charge in [0.1, 0.15) is 5.75 Å². The zero-order chi connectivity index (χ0) is 18.8. The van der Waals surface area contributed by atoms with Crippen LogP contribution in [0.25, 0.3) is 0 Å². The highest BCUT2D eigenvalue weighted by Gasteiger charge is 2.10. The molecule has 26 heavy (non-hydrogen) atoms. The van der Waals surface area contributed by atoms with Crippen molar-refractivity contribution in [1.82, 2.24) is 15.5 Å². The number of amides is 2. The minimum atomic E-state index is -0.260. The maximum Gasteiger partial charge on any atom is 0.251 e. The number of methoxy groups -OCH3 is 2. The first-order valence-electron chi connectivity index (χ1n) is 7.79. The van der Waals surface area contributed by atoms with Crippen LogP contribution in [0.4, 0.5) is 5.13 Å². The van der Waals surface area contributed by atoms with Gasteiger partial charge in [0.2, 0.25) is 11.0 Å². The van der Waals surface area contributed by atoms with Crippen LogP contribution >= 0.6 is 23.1 Å². The molecule has 0 saturated carbocycles. The molecule has 0 fully saturated rings. The van der Waals surface area contributed by atoms with Crippen LogP contribution in [0, 0.1) is 0 Å². The summed E-state index contributed by atoms with van der Waals surface area (Å²) < 4.78 is 10.8. The Kier molecular flexibility index (Phi) is 8.32. The summed E-state index contributed by atoms with van der Waals surface area (Å²) in [6.07, 6.45) is 0.140. The van der Waals surface area contributed by atoms with Gasteiger partial charge in [-0.2, -0.15) is 0 Å². The minimum Gasteiger partial charge on any atom is -0.497 e. The summed E-state index contributed by atoms with van der Waals surface area (Å²) in [4.78, 5) is 24.0. The number of ether oxygens (including phenoxy) is 2. The van der Waals surface area contributed by atoms with Gasteiger partial charge in [-0.05, 0) is 18.2 Å². The first kappa shape index (κ1) is 20.1. The summed E-state index contributed by atoms with van der Waals surface area (Å²) in [5.41, 5.74) is 0.478. The molecule has 0 aliphatic rings. The van der Waals surface area contributed by atoms with Gasteiger partial charge in [-0.25, -0.2) is 0 Å². The molecule has 0 atom stereocenters. The fraction of sp³-hybridized carbons (Fsp3) is 0.375. The van der Waals surface area contributed by atoms with Crippen molar-refractivity contribution in [2.75, 3.05) is 38.4 Å². The van der Waals surface area contributed by atoms with Crippen LogP contribution in [0.5, 0.6) is 5.75 Å². The van der Waals surface area contributed by atoms with Crippen molar-refractivity contribution in [3.63, 3.8) is 0 Å². The molecular weight excluding hydrogens is 376 g/mol. The molecule has 0 spiro atoms. The number of carbonyl (C=O) groups is 2. The predicted molar refractivity (Wildman–Crippen MR) is 101 cm³/mol. The molecule has 0 unspecified atom stereocenters. The number of thioether (sulfide) groups is 1. The van der Waals surface area contributed by atoms with E-state index in [0.717, 1.165) is 10.1 Å². The number of rotatable bonds is 10. The zero-order valence-corrected chi connectivity index (χ0v) is 16.1. The maximum absolute atomic E-state index is 12.0. The maximum atomic E-state index is 12.0. The smallest absolute Gasteiger partial charge is 0.251 e. The van der Waals surface area contributed by atoms with Gasteiger partial charge in [0.05, 0.1) is 13.7 Å². The van der Waals surface area contributed by atoms with Crippen LogP contribution in [-0.2, 0) is 9.53 Å². The Hall–Kier alpha value is -2.17. The van der Waals surface area contributed by atoms with Crippen LogP contribution in [-0.4, -0.2) is 55.1 Å². The quantitative estimate of drug-likeness (QED) is 0.360. The molecular formula is C16H20N4O4S2. The van der Waals surface area contributed by atoms with Gasteiger partial charge < -0.3 is 20.1 Å². The van der Waals surface area contributed by atoms with E-state index in [4.69, 9.17) is 9.47 Å². The van der Waals surface area contributed by atoms with Gasteiger partial charge in [0.15, 0.2) is 4.34 Å². The Morgan fingerprint density at radius 1 is 1.27 bits per heavy atom. The molecule has 1 aromatic carbocycles. The van der Waals surface area contributed by atoms with E-state index >= 15 is 0 Å². The number of benzene rings is 1. The molecule has 140 valence electrons. The monoisotopic (exact) mass is 396 g/mol. The fourth-order valence-electron chi connectivity index (χ4n) is 1.87. The molecule has 2 N–H and O–H groups in total. The molecule has 0 bridgehead atoms. The average molecular weight is 396 g/mol. The van der Waals surface area contributed by atoms with Crippen LogP contribution in [0.15, 0.2) is 28.6 Å². The van der Waals surface area contributed by atoms with Gasteiger partial charge in [0, 0.05) is 31.4 Å². The lowest BCUT2D eigenvalue weighted by Gasteiger charge is -2.06. The highest BCUT2D eigenvalue weighted by molar-refractivity contribution is 8.01. The van der Waals surface area contributed by atoms with Crippen molar-refractivity contribution < 1.29 is 19.1 Å². The molecule has 1 heterocycles. The molecule has 1 aromatic heterocycles. The highest BCUT2D eigenvalue weighted by atomic mass is 32.2. The van der Waals surface area contributed by atoms with E-state index in [-0.39, 0.29) is 24.8 Å². The second-order valence-electron chi connectivity index (χ2n) is 5.00. The van der Waals surface area contributed by atoms with E-state index in [1.54, 1.807) is 31.4 Å². The number of hydrogen-bond donors (Lipinski definition) is 2.